The van der Waals surface area contributed by atoms with Gasteiger partial charge in [-0.1, -0.05) is 6.92 Å². The maximum absolute atomic E-state index is 12.2. The summed E-state index contributed by atoms with van der Waals surface area (Å²) < 4.78 is 10.1. The molecule has 1 amide bonds. The molecule has 1 aromatic heterocycles. The van der Waals surface area contributed by atoms with Crippen LogP contribution in [0.1, 0.15) is 26.0 Å². The van der Waals surface area contributed by atoms with Gasteiger partial charge in [-0.2, -0.15) is 0 Å². The van der Waals surface area contributed by atoms with Crippen molar-refractivity contribution in [3.63, 3.8) is 0 Å². The Kier molecular flexibility index (Phi) is 7.53. The van der Waals surface area contributed by atoms with Crippen LogP contribution in [-0.2, 0) is 20.9 Å². The summed E-state index contributed by atoms with van der Waals surface area (Å²) in [6.07, 6.45) is 2.45. The molecule has 0 fully saturated rings. The number of amides is 1. The van der Waals surface area contributed by atoms with Crippen LogP contribution in [0, 0.1) is 0 Å². The van der Waals surface area contributed by atoms with E-state index < -0.39 is 0 Å². The summed E-state index contributed by atoms with van der Waals surface area (Å²) in [4.78, 5) is 27.1. The molecule has 6 heteroatoms. The van der Waals surface area contributed by atoms with Crippen LogP contribution in [0.5, 0.6) is 0 Å². The van der Waals surface area contributed by atoms with E-state index in [0.29, 0.717) is 19.7 Å². The van der Waals surface area contributed by atoms with E-state index in [0.717, 1.165) is 12.2 Å². The van der Waals surface area contributed by atoms with Gasteiger partial charge in [0.1, 0.15) is 5.76 Å². The van der Waals surface area contributed by atoms with Crippen LogP contribution in [0.25, 0.3) is 0 Å². The minimum atomic E-state index is -0.299. The molecule has 0 saturated heterocycles. The number of ether oxygens (including phenoxy) is 1. The van der Waals surface area contributed by atoms with Gasteiger partial charge in [-0.15, -0.1) is 0 Å². The monoisotopic (exact) mass is 296 g/mol. The van der Waals surface area contributed by atoms with Gasteiger partial charge in [-0.25, -0.2) is 0 Å². The number of rotatable bonds is 9. The van der Waals surface area contributed by atoms with Crippen molar-refractivity contribution < 1.29 is 18.7 Å². The van der Waals surface area contributed by atoms with Crippen molar-refractivity contribution in [3.8, 4) is 0 Å². The first-order valence-electron chi connectivity index (χ1n) is 7.21. The molecule has 1 rings (SSSR count). The van der Waals surface area contributed by atoms with Crippen LogP contribution < -0.4 is 0 Å². The molecule has 0 saturated carbocycles. The summed E-state index contributed by atoms with van der Waals surface area (Å²) in [6.45, 7) is 5.57. The fraction of sp³-hybridized carbons (Fsp3) is 0.600. The molecule has 118 valence electrons. The van der Waals surface area contributed by atoms with E-state index in [-0.39, 0.29) is 25.0 Å². The van der Waals surface area contributed by atoms with Crippen LogP contribution in [0.15, 0.2) is 22.8 Å². The Morgan fingerprint density at radius 3 is 2.62 bits per heavy atom. The van der Waals surface area contributed by atoms with Crippen molar-refractivity contribution in [1.29, 1.82) is 0 Å². The van der Waals surface area contributed by atoms with Gasteiger partial charge in [0.25, 0.3) is 0 Å². The molecule has 0 N–H and O–H groups in total. The summed E-state index contributed by atoms with van der Waals surface area (Å²) in [5.74, 6) is 0.384. The molecule has 0 bridgehead atoms. The van der Waals surface area contributed by atoms with Crippen LogP contribution >= 0.6 is 0 Å². The number of furan rings is 1. The fourth-order valence-corrected chi connectivity index (χ4v) is 1.96. The van der Waals surface area contributed by atoms with Gasteiger partial charge in [-0.05, 0) is 32.0 Å². The lowest BCUT2D eigenvalue weighted by atomic mass is 10.3. The standard InChI is InChI=1S/C15H24N2O4/c1-4-8-17(12-15(19)20-5-2)11-14(18)16(3)10-13-7-6-9-21-13/h6-7,9H,4-5,8,10-12H2,1-3H3. The average Bonchev–Trinajstić information content (AvgIpc) is 2.91. The Morgan fingerprint density at radius 2 is 2.05 bits per heavy atom. The minimum absolute atomic E-state index is 0.0517. The maximum Gasteiger partial charge on any atom is 0.320 e. The molecule has 0 spiro atoms. The lowest BCUT2D eigenvalue weighted by molar-refractivity contribution is -0.145. The first kappa shape index (κ1) is 17.2. The normalized spacial score (nSPS) is 10.7. The highest BCUT2D eigenvalue weighted by Crippen LogP contribution is 2.05. The highest BCUT2D eigenvalue weighted by molar-refractivity contribution is 5.79. The quantitative estimate of drug-likeness (QED) is 0.646. The Balaban J connectivity index is 2.48. The molecule has 0 aromatic carbocycles. The molecule has 1 heterocycles. The van der Waals surface area contributed by atoms with Crippen LogP contribution in [0.4, 0.5) is 0 Å². The molecule has 21 heavy (non-hydrogen) atoms. The van der Waals surface area contributed by atoms with E-state index in [1.54, 1.807) is 36.1 Å². The van der Waals surface area contributed by atoms with E-state index in [9.17, 15) is 9.59 Å². The zero-order valence-corrected chi connectivity index (χ0v) is 13.0. The third kappa shape index (κ3) is 6.44. The fourth-order valence-electron chi connectivity index (χ4n) is 1.96. The largest absolute Gasteiger partial charge is 0.467 e. The Bertz CT molecular complexity index is 431. The number of carbonyl (C=O) groups excluding carboxylic acids is 2. The molecule has 0 atom stereocenters. The van der Waals surface area contributed by atoms with Crippen molar-refractivity contribution >= 4 is 11.9 Å². The Morgan fingerprint density at radius 1 is 1.29 bits per heavy atom. The summed E-state index contributed by atoms with van der Waals surface area (Å²) in [5.41, 5.74) is 0. The first-order chi connectivity index (χ1) is 10.1. The summed E-state index contributed by atoms with van der Waals surface area (Å²) >= 11 is 0. The Hall–Kier alpha value is -1.82. The van der Waals surface area contributed by atoms with Gasteiger partial charge in [0.15, 0.2) is 0 Å². The molecule has 0 unspecified atom stereocenters. The molecule has 0 aliphatic heterocycles. The van der Waals surface area contributed by atoms with Crippen molar-refractivity contribution in [2.24, 2.45) is 0 Å². The third-order valence-electron chi connectivity index (χ3n) is 2.96. The van der Waals surface area contributed by atoms with Gasteiger partial charge in [0.2, 0.25) is 5.91 Å². The summed E-state index contributed by atoms with van der Waals surface area (Å²) in [5, 5.41) is 0. The highest BCUT2D eigenvalue weighted by atomic mass is 16.5. The molecule has 0 radical (unpaired) electrons. The van der Waals surface area contributed by atoms with Gasteiger partial charge in [0, 0.05) is 7.05 Å². The number of carbonyl (C=O) groups is 2. The lowest BCUT2D eigenvalue weighted by Gasteiger charge is -2.23. The third-order valence-corrected chi connectivity index (χ3v) is 2.96. The lowest BCUT2D eigenvalue weighted by Crippen LogP contribution is -2.41. The number of likely N-dealkylation sites (N-methyl/N-ethyl adjacent to an activating group) is 1. The summed E-state index contributed by atoms with van der Waals surface area (Å²) in [7, 11) is 1.72. The van der Waals surface area contributed by atoms with Crippen molar-refractivity contribution in [1.82, 2.24) is 9.80 Å². The van der Waals surface area contributed by atoms with Gasteiger partial charge in [-0.3, -0.25) is 14.5 Å². The van der Waals surface area contributed by atoms with Gasteiger partial charge >= 0.3 is 5.97 Å². The van der Waals surface area contributed by atoms with Crippen molar-refractivity contribution in [3.05, 3.63) is 24.2 Å². The van der Waals surface area contributed by atoms with Crippen molar-refractivity contribution in [2.45, 2.75) is 26.8 Å². The first-order valence-corrected chi connectivity index (χ1v) is 7.21. The number of hydrogen-bond acceptors (Lipinski definition) is 5. The van der Waals surface area contributed by atoms with E-state index in [1.165, 1.54) is 0 Å². The van der Waals surface area contributed by atoms with Crippen LogP contribution in [0.2, 0.25) is 0 Å². The predicted molar refractivity (Wildman–Crippen MR) is 78.5 cm³/mol. The topological polar surface area (TPSA) is 63.0 Å². The molecule has 6 nitrogen and oxygen atoms in total. The number of hydrogen-bond donors (Lipinski definition) is 0. The minimum Gasteiger partial charge on any atom is -0.467 e. The van der Waals surface area contributed by atoms with Gasteiger partial charge in [0.05, 0.1) is 32.5 Å². The van der Waals surface area contributed by atoms with Gasteiger partial charge < -0.3 is 14.1 Å². The second-order valence-electron chi connectivity index (χ2n) is 4.84. The second kappa shape index (κ2) is 9.18. The molecular weight excluding hydrogens is 272 g/mol. The summed E-state index contributed by atoms with van der Waals surface area (Å²) in [6, 6.07) is 3.62. The molecule has 0 aliphatic carbocycles. The second-order valence-corrected chi connectivity index (χ2v) is 4.84. The Labute approximate surface area is 125 Å². The molecule has 1 aromatic rings. The highest BCUT2D eigenvalue weighted by Gasteiger charge is 2.17. The number of nitrogens with zero attached hydrogens (tertiary/aromatic N) is 2. The SMILES string of the molecule is CCCN(CC(=O)OCC)CC(=O)N(C)Cc1ccco1. The van der Waals surface area contributed by atoms with Crippen LogP contribution in [-0.4, -0.2) is 55.0 Å². The molecule has 0 aliphatic rings. The average molecular weight is 296 g/mol. The molecular formula is C15H24N2O4. The number of esters is 1. The zero-order chi connectivity index (χ0) is 15.7. The van der Waals surface area contributed by atoms with E-state index in [1.807, 2.05) is 13.0 Å². The zero-order valence-electron chi connectivity index (χ0n) is 13.0. The predicted octanol–water partition coefficient (Wildman–Crippen LogP) is 1.51. The maximum atomic E-state index is 12.2. The van der Waals surface area contributed by atoms with E-state index >= 15 is 0 Å². The van der Waals surface area contributed by atoms with Crippen molar-refractivity contribution in [2.75, 3.05) is 33.3 Å². The smallest absolute Gasteiger partial charge is 0.320 e. The van der Waals surface area contributed by atoms with E-state index in [4.69, 9.17) is 9.15 Å². The van der Waals surface area contributed by atoms with E-state index in [2.05, 4.69) is 0 Å². The van der Waals surface area contributed by atoms with Crippen LogP contribution in [0.3, 0.4) is 0 Å².